The molecule has 0 saturated carbocycles. The van der Waals surface area contributed by atoms with Gasteiger partial charge in [-0.15, -0.1) is 0 Å². The summed E-state index contributed by atoms with van der Waals surface area (Å²) in [5.74, 6) is -1.06. The fourth-order valence-electron chi connectivity index (χ4n) is 7.57. The van der Waals surface area contributed by atoms with Crippen LogP contribution in [0.3, 0.4) is 0 Å². The van der Waals surface area contributed by atoms with E-state index in [4.69, 9.17) is 4.74 Å². The summed E-state index contributed by atoms with van der Waals surface area (Å²) in [4.78, 5) is 44.9. The summed E-state index contributed by atoms with van der Waals surface area (Å²) in [6.45, 7) is 9.41. The molecule has 0 amide bonds. The second-order valence-electron chi connectivity index (χ2n) is 17.3. The molecule has 0 saturated heterocycles. The van der Waals surface area contributed by atoms with Crippen molar-refractivity contribution < 1.29 is 19.1 Å². The summed E-state index contributed by atoms with van der Waals surface area (Å²) in [5, 5.41) is 0. The van der Waals surface area contributed by atoms with Gasteiger partial charge in [-0.05, 0) is 129 Å². The number of allylic oxidation sites excluding steroid dienone is 18. The average molecular weight is 884 g/mol. The largest absolute Gasteiger partial charge is 0.448 e. The van der Waals surface area contributed by atoms with Gasteiger partial charge in [0.2, 0.25) is 0 Å². The second kappa shape index (κ2) is 47.4. The van der Waals surface area contributed by atoms with Crippen LogP contribution in [0, 0.1) is 5.41 Å². The van der Waals surface area contributed by atoms with Gasteiger partial charge < -0.3 is 4.74 Å². The Morgan fingerprint density at radius 3 is 1.08 bits per heavy atom. The van der Waals surface area contributed by atoms with Crippen LogP contribution in [0.5, 0.6) is 0 Å². The quantitative estimate of drug-likeness (QED) is 0.0200. The van der Waals surface area contributed by atoms with Crippen molar-refractivity contribution in [3.8, 4) is 0 Å². The van der Waals surface area contributed by atoms with Gasteiger partial charge in [-0.2, -0.15) is 0 Å². The molecule has 0 fully saturated rings. The minimum atomic E-state index is -1.71. The first kappa shape index (κ1) is 60.4. The molecular weight excluding hydrogens is 787 g/mol. The third-order valence-corrected chi connectivity index (χ3v) is 11.4. The highest BCUT2D eigenvalue weighted by atomic mass is 16.5. The molecule has 0 unspecified atom stereocenters. The second-order valence-corrected chi connectivity index (χ2v) is 17.3. The van der Waals surface area contributed by atoms with E-state index >= 15 is 0 Å². The lowest BCUT2D eigenvalue weighted by Crippen LogP contribution is -2.48. The van der Waals surface area contributed by atoms with Gasteiger partial charge in [0, 0.05) is 19.4 Å². The number of carbonyl (C=O) groups excluding carboxylic acids is 3. The maximum Gasteiger partial charge on any atom is 0.328 e. The van der Waals surface area contributed by atoms with Gasteiger partial charge in [-0.1, -0.05) is 195 Å². The fraction of sp³-hybridized carbons (Fsp3) is 0.644. The Hall–Kier alpha value is -3.57. The smallest absolute Gasteiger partial charge is 0.328 e. The molecule has 0 radical (unpaired) electrons. The first-order valence-corrected chi connectivity index (χ1v) is 26.2. The number of Topliss-reactive ketones (excluding diaryl/α,β-unsaturated/α-hetero) is 2. The maximum absolute atomic E-state index is 14.4. The predicted octanol–water partition coefficient (Wildman–Crippen LogP) is 17.3. The number of rotatable bonds is 45. The highest BCUT2D eigenvalue weighted by molar-refractivity contribution is 6.22. The summed E-state index contributed by atoms with van der Waals surface area (Å²) in [6.07, 6.45) is 67.4. The SMILES string of the molecule is CC/C=C\C/C=C\C/C=C\CCCCCCCC(=O)C(CCCCCC/C=C\C/C=C\C/C=C\CC)(C(=O)CCCCCCC/C=C\C/C=C\C/C=C\CC)C(=O)OCN(C)CCC. The van der Waals surface area contributed by atoms with Crippen molar-refractivity contribution >= 4 is 17.5 Å². The zero-order valence-corrected chi connectivity index (χ0v) is 42.1. The number of esters is 1. The Morgan fingerprint density at radius 1 is 0.406 bits per heavy atom. The number of unbranched alkanes of at least 4 members (excludes halogenated alkanes) is 14. The van der Waals surface area contributed by atoms with Crippen LogP contribution >= 0.6 is 0 Å². The zero-order valence-electron chi connectivity index (χ0n) is 42.1. The van der Waals surface area contributed by atoms with Crippen LogP contribution < -0.4 is 0 Å². The Kier molecular flexibility index (Phi) is 44.8. The molecule has 0 aliphatic carbocycles. The first-order valence-electron chi connectivity index (χ1n) is 26.2. The third-order valence-electron chi connectivity index (χ3n) is 11.4. The molecule has 0 aromatic carbocycles. The van der Waals surface area contributed by atoms with Gasteiger partial charge in [0.1, 0.15) is 6.73 Å². The van der Waals surface area contributed by atoms with Gasteiger partial charge in [-0.25, -0.2) is 0 Å². The number of ketones is 2. The number of hydrogen-bond donors (Lipinski definition) is 0. The summed E-state index contributed by atoms with van der Waals surface area (Å²) in [5.41, 5.74) is -1.71. The molecule has 5 nitrogen and oxygen atoms in total. The molecule has 0 atom stereocenters. The molecule has 0 N–H and O–H groups in total. The number of ether oxygens (including phenoxy) is 1. The molecule has 0 spiro atoms. The van der Waals surface area contributed by atoms with Gasteiger partial charge in [0.25, 0.3) is 0 Å². The number of hydrogen-bond acceptors (Lipinski definition) is 5. The minimum Gasteiger partial charge on any atom is -0.448 e. The molecule has 0 aliphatic heterocycles. The van der Waals surface area contributed by atoms with Gasteiger partial charge in [0.15, 0.2) is 17.0 Å². The Morgan fingerprint density at radius 2 is 0.719 bits per heavy atom. The molecule has 0 aromatic rings. The van der Waals surface area contributed by atoms with Gasteiger partial charge in [0.05, 0.1) is 0 Å². The van der Waals surface area contributed by atoms with E-state index in [-0.39, 0.29) is 37.6 Å². The van der Waals surface area contributed by atoms with E-state index in [1.54, 1.807) is 0 Å². The molecule has 0 aliphatic rings. The predicted molar refractivity (Wildman–Crippen MR) is 280 cm³/mol. The van der Waals surface area contributed by atoms with Crippen molar-refractivity contribution in [2.45, 2.75) is 220 Å². The van der Waals surface area contributed by atoms with Crippen LogP contribution in [-0.4, -0.2) is 42.8 Å². The molecule has 0 bridgehead atoms. The molecule has 0 rings (SSSR count). The number of nitrogens with zero attached hydrogens (tertiary/aromatic N) is 1. The summed E-state index contributed by atoms with van der Waals surface area (Å²) >= 11 is 0. The lowest BCUT2D eigenvalue weighted by molar-refractivity contribution is -0.168. The molecule has 0 heterocycles. The van der Waals surface area contributed by atoms with E-state index in [1.165, 1.54) is 0 Å². The van der Waals surface area contributed by atoms with Crippen LogP contribution in [0.15, 0.2) is 109 Å². The van der Waals surface area contributed by atoms with Crippen molar-refractivity contribution in [1.29, 1.82) is 0 Å². The summed E-state index contributed by atoms with van der Waals surface area (Å²) in [6, 6.07) is 0. The maximum atomic E-state index is 14.4. The number of carbonyl (C=O) groups is 3. The minimum absolute atomic E-state index is 0.0913. The topological polar surface area (TPSA) is 63.7 Å². The van der Waals surface area contributed by atoms with Gasteiger partial charge >= 0.3 is 5.97 Å². The Balaban J connectivity index is 5.44. The van der Waals surface area contributed by atoms with Crippen molar-refractivity contribution in [1.82, 2.24) is 4.90 Å². The monoisotopic (exact) mass is 884 g/mol. The van der Waals surface area contributed by atoms with Crippen molar-refractivity contribution in [2.75, 3.05) is 20.3 Å². The lowest BCUT2D eigenvalue weighted by atomic mass is 9.72. The molecular formula is C59H97NO4. The van der Waals surface area contributed by atoms with Crippen LogP contribution in [-0.2, 0) is 19.1 Å². The highest BCUT2D eigenvalue weighted by Crippen LogP contribution is 2.34. The molecule has 64 heavy (non-hydrogen) atoms. The van der Waals surface area contributed by atoms with Crippen LogP contribution in [0.2, 0.25) is 0 Å². The van der Waals surface area contributed by atoms with E-state index in [9.17, 15) is 14.4 Å². The molecule has 5 heteroatoms. The zero-order chi connectivity index (χ0) is 46.9. The Bertz CT molecular complexity index is 1320. The molecule has 0 aromatic heterocycles. The average Bonchev–Trinajstić information content (AvgIpc) is 3.29. The van der Waals surface area contributed by atoms with E-state index in [1.807, 2.05) is 11.9 Å². The standard InChI is InChI=1S/C59H97NO4/c1-6-10-13-16-19-22-25-28-31-33-36-39-42-45-48-51-56(61)59(58(63)64-55-60(5)54-9-4,53-50-47-44-41-38-35-30-27-24-21-18-15-12-8-3)57(62)52-49-46-43-40-37-34-32-29-26-23-20-17-14-11-7-2/h10-15,19-24,28-32,35H,6-9,16-18,25-27,33-34,36-55H2,1-5H3/b13-10-,14-11-,15-12-,22-19-,23-20-,24-21-,31-28-,32-29-,35-30-. The summed E-state index contributed by atoms with van der Waals surface area (Å²) < 4.78 is 5.89. The van der Waals surface area contributed by atoms with Crippen molar-refractivity contribution in [3.05, 3.63) is 109 Å². The van der Waals surface area contributed by atoms with Crippen molar-refractivity contribution in [3.63, 3.8) is 0 Å². The fourth-order valence-corrected chi connectivity index (χ4v) is 7.57. The Labute approximate surface area is 395 Å². The van der Waals surface area contributed by atoms with Crippen LogP contribution in [0.25, 0.3) is 0 Å². The van der Waals surface area contributed by atoms with E-state index < -0.39 is 11.4 Å². The van der Waals surface area contributed by atoms with Gasteiger partial charge in [-0.3, -0.25) is 19.3 Å². The lowest BCUT2D eigenvalue weighted by Gasteiger charge is -2.30. The van der Waals surface area contributed by atoms with Crippen LogP contribution in [0.4, 0.5) is 0 Å². The highest BCUT2D eigenvalue weighted by Gasteiger charge is 2.51. The molecule has 362 valence electrons. The van der Waals surface area contributed by atoms with Crippen LogP contribution in [0.1, 0.15) is 220 Å². The van der Waals surface area contributed by atoms with E-state index in [0.717, 1.165) is 161 Å². The van der Waals surface area contributed by atoms with E-state index in [0.29, 0.717) is 19.3 Å². The normalized spacial score (nSPS) is 13.0. The third kappa shape index (κ3) is 35.7. The van der Waals surface area contributed by atoms with Crippen molar-refractivity contribution in [2.24, 2.45) is 5.41 Å². The van der Waals surface area contributed by atoms with E-state index in [2.05, 4.69) is 137 Å². The summed E-state index contributed by atoms with van der Waals surface area (Å²) in [7, 11) is 1.91. The first-order chi connectivity index (χ1) is 31.4.